The van der Waals surface area contributed by atoms with E-state index in [1.54, 1.807) is 19.9 Å². The van der Waals surface area contributed by atoms with Crippen molar-refractivity contribution in [2.75, 3.05) is 0 Å². The molecule has 0 spiro atoms. The quantitative estimate of drug-likeness (QED) is 0.630. The lowest BCUT2D eigenvalue weighted by Gasteiger charge is -2.26. The fourth-order valence-electron chi connectivity index (χ4n) is 2.54. The van der Waals surface area contributed by atoms with Crippen LogP contribution >= 0.6 is 24.0 Å². The number of nitrogens with zero attached hydrogens (tertiary/aromatic N) is 1. The molecule has 0 aromatic heterocycles. The highest BCUT2D eigenvalue weighted by atomic mass is 32.2. The van der Waals surface area contributed by atoms with Crippen LogP contribution in [-0.4, -0.2) is 32.2 Å². The molecule has 1 aliphatic heterocycles. The van der Waals surface area contributed by atoms with Crippen molar-refractivity contribution >= 4 is 46.3 Å². The van der Waals surface area contributed by atoms with Gasteiger partial charge in [-0.2, -0.15) is 0 Å². The maximum atomic E-state index is 12.6. The molecule has 4 nitrogen and oxygen atoms in total. The average molecular weight is 364 g/mol. The zero-order valence-corrected chi connectivity index (χ0v) is 15.8. The number of carbonyl (C=O) groups excluding carboxylic acids is 1. The maximum absolute atomic E-state index is 12.6. The molecule has 1 atom stereocenters. The molecule has 1 N–H and O–H groups in total. The van der Waals surface area contributed by atoms with Crippen LogP contribution in [0.5, 0.6) is 0 Å². The third-order valence-electron chi connectivity index (χ3n) is 3.89. The molecule has 1 aliphatic rings. The summed E-state index contributed by atoms with van der Waals surface area (Å²) in [5.74, 6) is -1.16. The van der Waals surface area contributed by atoms with Crippen LogP contribution in [0.3, 0.4) is 0 Å². The van der Waals surface area contributed by atoms with Gasteiger partial charge < -0.3 is 5.11 Å². The predicted molar refractivity (Wildman–Crippen MR) is 102 cm³/mol. The minimum absolute atomic E-state index is 0.227. The number of aliphatic carboxylic acids is 1. The van der Waals surface area contributed by atoms with Crippen molar-refractivity contribution in [3.05, 3.63) is 40.3 Å². The Bertz CT molecular complexity index is 693. The van der Waals surface area contributed by atoms with Crippen LogP contribution in [-0.2, 0) is 9.59 Å². The number of thiocarbonyl (C=S) groups is 1. The van der Waals surface area contributed by atoms with E-state index in [1.807, 2.05) is 24.3 Å². The minimum atomic E-state index is -1.04. The van der Waals surface area contributed by atoms with Crippen molar-refractivity contribution in [2.24, 2.45) is 5.92 Å². The van der Waals surface area contributed by atoms with Crippen LogP contribution in [0.4, 0.5) is 0 Å². The smallest absolute Gasteiger partial charge is 0.327 e. The van der Waals surface area contributed by atoms with Crippen LogP contribution in [0.1, 0.15) is 44.7 Å². The summed E-state index contributed by atoms with van der Waals surface area (Å²) in [7, 11) is 0. The molecule has 0 radical (unpaired) electrons. The summed E-state index contributed by atoms with van der Waals surface area (Å²) in [5, 5.41) is 9.42. The van der Waals surface area contributed by atoms with Gasteiger partial charge in [0.25, 0.3) is 5.91 Å². The normalized spacial score (nSPS) is 18.1. The van der Waals surface area contributed by atoms with Gasteiger partial charge in [0.15, 0.2) is 0 Å². The Hall–Kier alpha value is -1.66. The van der Waals surface area contributed by atoms with Gasteiger partial charge in [0.1, 0.15) is 10.4 Å². The monoisotopic (exact) mass is 363 g/mol. The average Bonchev–Trinajstić information content (AvgIpc) is 2.75. The Labute approximate surface area is 151 Å². The molecule has 1 saturated heterocycles. The molecule has 0 saturated carbocycles. The first kappa shape index (κ1) is 18.7. The first-order valence-electron chi connectivity index (χ1n) is 7.82. The van der Waals surface area contributed by atoms with E-state index in [2.05, 4.69) is 13.8 Å². The van der Waals surface area contributed by atoms with Gasteiger partial charge >= 0.3 is 5.97 Å². The van der Waals surface area contributed by atoms with Crippen LogP contribution in [0, 0.1) is 5.92 Å². The molecule has 0 aliphatic carbocycles. The zero-order valence-electron chi connectivity index (χ0n) is 14.1. The second kappa shape index (κ2) is 7.49. The second-order valence-corrected chi connectivity index (χ2v) is 8.08. The Balaban J connectivity index is 2.29. The van der Waals surface area contributed by atoms with Gasteiger partial charge in [-0.1, -0.05) is 75.9 Å². The number of carboxylic acid groups (broad SMARTS) is 1. The molecule has 128 valence electrons. The van der Waals surface area contributed by atoms with E-state index < -0.39 is 12.0 Å². The number of hydrogen-bond acceptors (Lipinski definition) is 4. The zero-order chi connectivity index (χ0) is 18.0. The number of carbonyl (C=O) groups is 2. The lowest BCUT2D eigenvalue weighted by Crippen LogP contribution is -2.47. The number of carboxylic acids is 1. The van der Waals surface area contributed by atoms with E-state index in [0.29, 0.717) is 15.1 Å². The SMILES string of the molecule is CC(C)c1ccc(C=C2SC(=S)N(C(C(=O)O)C(C)C)C2=O)cc1. The van der Waals surface area contributed by atoms with Gasteiger partial charge in [0, 0.05) is 0 Å². The van der Waals surface area contributed by atoms with Gasteiger partial charge in [-0.15, -0.1) is 0 Å². The van der Waals surface area contributed by atoms with Gasteiger partial charge in [0.05, 0.1) is 4.91 Å². The molecule has 1 fully saturated rings. The summed E-state index contributed by atoms with van der Waals surface area (Å²) < 4.78 is 0.297. The minimum Gasteiger partial charge on any atom is -0.480 e. The molecule has 6 heteroatoms. The Morgan fingerprint density at radius 3 is 2.25 bits per heavy atom. The van der Waals surface area contributed by atoms with Crippen LogP contribution in [0.25, 0.3) is 6.08 Å². The van der Waals surface area contributed by atoms with Crippen molar-refractivity contribution in [2.45, 2.75) is 39.7 Å². The van der Waals surface area contributed by atoms with E-state index >= 15 is 0 Å². The Kier molecular flexibility index (Phi) is 5.83. The number of amides is 1. The van der Waals surface area contributed by atoms with E-state index in [4.69, 9.17) is 12.2 Å². The van der Waals surface area contributed by atoms with E-state index in [9.17, 15) is 14.7 Å². The van der Waals surface area contributed by atoms with Crippen molar-refractivity contribution in [3.8, 4) is 0 Å². The molecule has 0 bridgehead atoms. The largest absolute Gasteiger partial charge is 0.480 e. The first-order chi connectivity index (χ1) is 11.2. The standard InChI is InChI=1S/C18H21NO3S2/c1-10(2)13-7-5-12(6-8-13)9-14-16(20)19(18(23)24-14)15(11(3)4)17(21)22/h5-11,15H,1-4H3,(H,21,22). The molecule has 1 aromatic rings. The summed E-state index contributed by atoms with van der Waals surface area (Å²) in [4.78, 5) is 25.8. The van der Waals surface area contributed by atoms with Crippen molar-refractivity contribution in [1.29, 1.82) is 0 Å². The number of benzene rings is 1. The van der Waals surface area contributed by atoms with Crippen molar-refractivity contribution in [1.82, 2.24) is 4.90 Å². The van der Waals surface area contributed by atoms with Gasteiger partial charge in [-0.3, -0.25) is 9.69 Å². The van der Waals surface area contributed by atoms with E-state index in [0.717, 1.165) is 17.3 Å². The topological polar surface area (TPSA) is 57.6 Å². The maximum Gasteiger partial charge on any atom is 0.327 e. The Morgan fingerprint density at radius 2 is 1.79 bits per heavy atom. The number of hydrogen-bond donors (Lipinski definition) is 1. The lowest BCUT2D eigenvalue weighted by molar-refractivity contribution is -0.146. The fraction of sp³-hybridized carbons (Fsp3) is 0.389. The third kappa shape index (κ3) is 3.87. The number of rotatable bonds is 5. The van der Waals surface area contributed by atoms with Crippen LogP contribution in [0.15, 0.2) is 29.2 Å². The second-order valence-electron chi connectivity index (χ2n) is 6.40. The molecular formula is C18H21NO3S2. The van der Waals surface area contributed by atoms with E-state index in [-0.39, 0.29) is 11.8 Å². The first-order valence-corrected chi connectivity index (χ1v) is 9.04. The number of thioether (sulfide) groups is 1. The molecule has 1 unspecified atom stereocenters. The molecular weight excluding hydrogens is 342 g/mol. The Morgan fingerprint density at radius 1 is 1.21 bits per heavy atom. The fourth-order valence-corrected chi connectivity index (χ4v) is 3.87. The summed E-state index contributed by atoms with van der Waals surface area (Å²) in [6.45, 7) is 7.79. The molecule has 1 heterocycles. The summed E-state index contributed by atoms with van der Waals surface area (Å²) in [5.41, 5.74) is 2.13. The highest BCUT2D eigenvalue weighted by Crippen LogP contribution is 2.35. The third-order valence-corrected chi connectivity index (χ3v) is 5.22. The summed E-state index contributed by atoms with van der Waals surface area (Å²) in [6, 6.07) is 7.04. The summed E-state index contributed by atoms with van der Waals surface area (Å²) >= 11 is 6.40. The summed E-state index contributed by atoms with van der Waals surface area (Å²) in [6.07, 6.45) is 1.77. The van der Waals surface area contributed by atoms with Crippen LogP contribution < -0.4 is 0 Å². The van der Waals surface area contributed by atoms with Gasteiger partial charge in [-0.25, -0.2) is 4.79 Å². The van der Waals surface area contributed by atoms with Crippen molar-refractivity contribution in [3.63, 3.8) is 0 Å². The molecule has 2 rings (SSSR count). The predicted octanol–water partition coefficient (Wildman–Crippen LogP) is 4.12. The highest BCUT2D eigenvalue weighted by molar-refractivity contribution is 8.26. The van der Waals surface area contributed by atoms with Crippen molar-refractivity contribution < 1.29 is 14.7 Å². The molecule has 1 aromatic carbocycles. The lowest BCUT2D eigenvalue weighted by atomic mass is 10.0. The van der Waals surface area contributed by atoms with Crippen LogP contribution in [0.2, 0.25) is 0 Å². The van der Waals surface area contributed by atoms with Gasteiger partial charge in [-0.05, 0) is 29.0 Å². The van der Waals surface area contributed by atoms with Gasteiger partial charge in [0.2, 0.25) is 0 Å². The highest BCUT2D eigenvalue weighted by Gasteiger charge is 2.41. The molecule has 24 heavy (non-hydrogen) atoms. The molecule has 1 amide bonds. The van der Waals surface area contributed by atoms with E-state index in [1.165, 1.54) is 10.5 Å².